The number of benzene rings is 2. The Morgan fingerprint density at radius 2 is 1.46 bits per heavy atom. The predicted octanol–water partition coefficient (Wildman–Crippen LogP) is 5.06. The van der Waals surface area contributed by atoms with Crippen LogP contribution in [0.15, 0.2) is 48.5 Å². The van der Waals surface area contributed by atoms with Crippen LogP contribution in [-0.4, -0.2) is 21.0 Å². The minimum absolute atomic E-state index is 0.226. The van der Waals surface area contributed by atoms with Gasteiger partial charge >= 0.3 is 0 Å². The Morgan fingerprint density at radius 1 is 0.750 bits per heavy atom. The van der Waals surface area contributed by atoms with E-state index < -0.39 is 0 Å². The summed E-state index contributed by atoms with van der Waals surface area (Å²) >= 11 is 0. The molecule has 3 aromatic rings. The monoisotopic (exact) mass is 374 g/mol. The number of aryl methyl sites for hydroxylation is 1. The number of fused-ring (bicyclic) bond motifs is 1. The SMILES string of the molecule is CC(C)Nc1nc(Nc2ccccc2)nc(Nc2cccc3c2CCCC3)n1. The van der Waals surface area contributed by atoms with E-state index in [1.54, 1.807) is 0 Å². The minimum atomic E-state index is 0.226. The van der Waals surface area contributed by atoms with Crippen molar-refractivity contribution in [2.45, 2.75) is 45.6 Å². The summed E-state index contributed by atoms with van der Waals surface area (Å²) in [7, 11) is 0. The van der Waals surface area contributed by atoms with Gasteiger partial charge in [-0.2, -0.15) is 15.0 Å². The van der Waals surface area contributed by atoms with Crippen molar-refractivity contribution in [1.82, 2.24) is 15.0 Å². The second-order valence-electron chi connectivity index (χ2n) is 7.37. The molecule has 3 N–H and O–H groups in total. The summed E-state index contributed by atoms with van der Waals surface area (Å²) < 4.78 is 0. The fourth-order valence-corrected chi connectivity index (χ4v) is 3.48. The molecule has 1 aliphatic carbocycles. The van der Waals surface area contributed by atoms with Gasteiger partial charge in [-0.15, -0.1) is 0 Å². The predicted molar refractivity (Wildman–Crippen MR) is 115 cm³/mol. The molecule has 0 bridgehead atoms. The number of rotatable bonds is 6. The molecule has 1 heterocycles. The number of hydrogen-bond acceptors (Lipinski definition) is 6. The van der Waals surface area contributed by atoms with E-state index in [0.717, 1.165) is 24.2 Å². The van der Waals surface area contributed by atoms with Crippen LogP contribution in [0, 0.1) is 0 Å². The van der Waals surface area contributed by atoms with Crippen LogP contribution in [0.5, 0.6) is 0 Å². The summed E-state index contributed by atoms with van der Waals surface area (Å²) in [6, 6.07) is 16.6. The van der Waals surface area contributed by atoms with Crippen LogP contribution in [-0.2, 0) is 12.8 Å². The van der Waals surface area contributed by atoms with Crippen LogP contribution in [0.3, 0.4) is 0 Å². The first-order valence-corrected chi connectivity index (χ1v) is 9.90. The van der Waals surface area contributed by atoms with Crippen molar-refractivity contribution >= 4 is 29.2 Å². The molecule has 0 saturated carbocycles. The van der Waals surface area contributed by atoms with Crippen LogP contribution in [0.25, 0.3) is 0 Å². The summed E-state index contributed by atoms with van der Waals surface area (Å²) in [5.74, 6) is 1.60. The number of nitrogens with zero attached hydrogens (tertiary/aromatic N) is 3. The Balaban J connectivity index is 1.65. The van der Waals surface area contributed by atoms with Crippen LogP contribution in [0.1, 0.15) is 37.8 Å². The molecule has 0 unspecified atom stereocenters. The first kappa shape index (κ1) is 18.2. The lowest BCUT2D eigenvalue weighted by atomic mass is 9.90. The summed E-state index contributed by atoms with van der Waals surface area (Å²) in [6.45, 7) is 4.13. The van der Waals surface area contributed by atoms with Gasteiger partial charge in [-0.05, 0) is 68.9 Å². The Bertz CT molecular complexity index is 939. The van der Waals surface area contributed by atoms with Gasteiger partial charge in [-0.1, -0.05) is 30.3 Å². The maximum Gasteiger partial charge on any atom is 0.233 e. The molecule has 0 amide bonds. The van der Waals surface area contributed by atoms with Gasteiger partial charge in [0.05, 0.1) is 0 Å². The number of aromatic nitrogens is 3. The summed E-state index contributed by atoms with van der Waals surface area (Å²) in [5, 5.41) is 9.97. The molecule has 1 aromatic heterocycles. The number of nitrogens with one attached hydrogen (secondary N) is 3. The highest BCUT2D eigenvalue weighted by Crippen LogP contribution is 2.29. The molecule has 2 aromatic carbocycles. The molecule has 0 fully saturated rings. The zero-order chi connectivity index (χ0) is 19.3. The molecule has 0 radical (unpaired) electrons. The van der Waals surface area contributed by atoms with E-state index >= 15 is 0 Å². The van der Waals surface area contributed by atoms with E-state index in [0.29, 0.717) is 17.8 Å². The van der Waals surface area contributed by atoms with Crippen LogP contribution < -0.4 is 16.0 Å². The molecular weight excluding hydrogens is 348 g/mol. The van der Waals surface area contributed by atoms with Crippen molar-refractivity contribution in [3.05, 3.63) is 59.7 Å². The second kappa shape index (κ2) is 8.25. The Hall–Kier alpha value is -3.15. The van der Waals surface area contributed by atoms with E-state index in [-0.39, 0.29) is 6.04 Å². The van der Waals surface area contributed by atoms with Gasteiger partial charge in [0.25, 0.3) is 0 Å². The normalized spacial score (nSPS) is 13.1. The molecule has 0 spiro atoms. The fourth-order valence-electron chi connectivity index (χ4n) is 3.48. The van der Waals surface area contributed by atoms with Gasteiger partial charge in [-0.3, -0.25) is 0 Å². The third-order valence-electron chi connectivity index (χ3n) is 4.73. The average Bonchev–Trinajstić information content (AvgIpc) is 2.68. The second-order valence-corrected chi connectivity index (χ2v) is 7.37. The Morgan fingerprint density at radius 3 is 2.25 bits per heavy atom. The fraction of sp³-hybridized carbons (Fsp3) is 0.318. The average molecular weight is 374 g/mol. The first-order valence-electron chi connectivity index (χ1n) is 9.90. The van der Waals surface area contributed by atoms with Gasteiger partial charge in [0.15, 0.2) is 0 Å². The van der Waals surface area contributed by atoms with Gasteiger partial charge in [0.1, 0.15) is 0 Å². The van der Waals surface area contributed by atoms with E-state index in [1.807, 2.05) is 30.3 Å². The van der Waals surface area contributed by atoms with Gasteiger partial charge in [-0.25, -0.2) is 0 Å². The van der Waals surface area contributed by atoms with Crippen LogP contribution in [0.4, 0.5) is 29.2 Å². The molecule has 0 atom stereocenters. The van der Waals surface area contributed by atoms with E-state index in [4.69, 9.17) is 0 Å². The molecular formula is C22H26N6. The van der Waals surface area contributed by atoms with Crippen molar-refractivity contribution in [2.24, 2.45) is 0 Å². The minimum Gasteiger partial charge on any atom is -0.352 e. The maximum absolute atomic E-state index is 4.60. The number of hydrogen-bond donors (Lipinski definition) is 3. The highest BCUT2D eigenvalue weighted by atomic mass is 15.3. The maximum atomic E-state index is 4.60. The highest BCUT2D eigenvalue weighted by molar-refractivity contribution is 5.63. The molecule has 6 heteroatoms. The molecule has 144 valence electrons. The summed E-state index contributed by atoms with van der Waals surface area (Å²) in [6.07, 6.45) is 4.72. The molecule has 1 aliphatic rings. The third kappa shape index (κ3) is 4.39. The highest BCUT2D eigenvalue weighted by Gasteiger charge is 2.15. The molecule has 0 saturated heterocycles. The van der Waals surface area contributed by atoms with Crippen molar-refractivity contribution in [2.75, 3.05) is 16.0 Å². The first-order chi connectivity index (χ1) is 13.7. The summed E-state index contributed by atoms with van der Waals surface area (Å²) in [4.78, 5) is 13.7. The zero-order valence-corrected chi connectivity index (χ0v) is 16.4. The molecule has 0 aliphatic heterocycles. The topological polar surface area (TPSA) is 74.8 Å². The van der Waals surface area contributed by atoms with Crippen molar-refractivity contribution in [3.8, 4) is 0 Å². The Kier molecular flexibility index (Phi) is 5.37. The lowest BCUT2D eigenvalue weighted by Gasteiger charge is -2.20. The van der Waals surface area contributed by atoms with Gasteiger partial charge in [0.2, 0.25) is 17.8 Å². The standard InChI is InChI=1S/C22H26N6/c1-15(2)23-20-26-21(24-17-11-4-3-5-12-17)28-22(27-20)25-19-14-8-10-16-9-6-7-13-18(16)19/h3-5,8,10-12,14-15H,6-7,9,13H2,1-2H3,(H3,23,24,25,26,27,28). The van der Waals surface area contributed by atoms with Crippen molar-refractivity contribution in [1.29, 1.82) is 0 Å². The quantitative estimate of drug-likeness (QED) is 0.560. The number of para-hydroxylation sites is 1. The summed E-state index contributed by atoms with van der Waals surface area (Å²) in [5.41, 5.74) is 4.83. The van der Waals surface area contributed by atoms with Crippen molar-refractivity contribution in [3.63, 3.8) is 0 Å². The molecule has 28 heavy (non-hydrogen) atoms. The lowest BCUT2D eigenvalue weighted by Crippen LogP contribution is -2.15. The largest absolute Gasteiger partial charge is 0.352 e. The smallest absolute Gasteiger partial charge is 0.233 e. The van der Waals surface area contributed by atoms with Crippen molar-refractivity contribution < 1.29 is 0 Å². The zero-order valence-electron chi connectivity index (χ0n) is 16.4. The third-order valence-corrected chi connectivity index (χ3v) is 4.73. The Labute approximate surface area is 165 Å². The number of anilines is 5. The van der Waals surface area contributed by atoms with Gasteiger partial charge < -0.3 is 16.0 Å². The molecule has 4 rings (SSSR count). The van der Waals surface area contributed by atoms with Crippen LogP contribution in [0.2, 0.25) is 0 Å². The lowest BCUT2D eigenvalue weighted by molar-refractivity contribution is 0.687. The van der Waals surface area contributed by atoms with E-state index in [2.05, 4.69) is 62.9 Å². The molecule has 6 nitrogen and oxygen atoms in total. The van der Waals surface area contributed by atoms with E-state index in [9.17, 15) is 0 Å². The van der Waals surface area contributed by atoms with E-state index in [1.165, 1.54) is 24.0 Å². The van der Waals surface area contributed by atoms with Gasteiger partial charge in [0, 0.05) is 17.4 Å². The van der Waals surface area contributed by atoms with Crippen LogP contribution >= 0.6 is 0 Å².